The minimum absolute atomic E-state index is 0. The Labute approximate surface area is 176 Å². The number of fused-ring (bicyclic) bond motifs is 1. The summed E-state index contributed by atoms with van der Waals surface area (Å²) in [5, 5.41) is 5.44. The second-order valence-corrected chi connectivity index (χ2v) is 8.11. The van der Waals surface area contributed by atoms with Crippen molar-refractivity contribution in [2.45, 2.75) is 25.3 Å². The number of piperidine rings is 1. The average molecular weight is 423 g/mol. The summed E-state index contributed by atoms with van der Waals surface area (Å²) >= 11 is 1.71. The van der Waals surface area contributed by atoms with Gasteiger partial charge in [0.1, 0.15) is 0 Å². The van der Waals surface area contributed by atoms with Gasteiger partial charge in [-0.3, -0.25) is 4.79 Å². The third-order valence-electron chi connectivity index (χ3n) is 5.66. The zero-order chi connectivity index (χ0) is 18.8. The number of carbonyl (C=O) groups is 1. The molecule has 5 nitrogen and oxygen atoms in total. The highest BCUT2D eigenvalue weighted by Gasteiger charge is 2.36. The number of hydrogen-bond acceptors (Lipinski definition) is 5. The predicted molar refractivity (Wildman–Crippen MR) is 114 cm³/mol. The van der Waals surface area contributed by atoms with Gasteiger partial charge in [0.2, 0.25) is 5.91 Å². The highest BCUT2D eigenvalue weighted by Crippen LogP contribution is 2.43. The summed E-state index contributed by atoms with van der Waals surface area (Å²) < 4.78 is 11.0. The summed E-state index contributed by atoms with van der Waals surface area (Å²) in [6, 6.07) is 8.27. The van der Waals surface area contributed by atoms with Crippen molar-refractivity contribution in [1.29, 1.82) is 0 Å². The number of thiophene rings is 1. The Balaban J connectivity index is 0.00000225. The maximum Gasteiger partial charge on any atom is 0.226 e. The molecule has 3 heterocycles. The van der Waals surface area contributed by atoms with Gasteiger partial charge in [0.15, 0.2) is 11.5 Å². The molecular formula is C21H27ClN2O3S. The van der Waals surface area contributed by atoms with Crippen LogP contribution in [0.15, 0.2) is 29.6 Å². The summed E-state index contributed by atoms with van der Waals surface area (Å²) in [5.74, 6) is 1.87. The molecule has 1 atom stereocenters. The number of nitrogens with one attached hydrogen (secondary N) is 1. The van der Waals surface area contributed by atoms with Gasteiger partial charge in [-0.05, 0) is 67.1 Å². The van der Waals surface area contributed by atoms with E-state index in [4.69, 9.17) is 9.47 Å². The minimum Gasteiger partial charge on any atom is -0.493 e. The summed E-state index contributed by atoms with van der Waals surface area (Å²) in [7, 11) is 3.32. The van der Waals surface area contributed by atoms with E-state index in [-0.39, 0.29) is 30.3 Å². The van der Waals surface area contributed by atoms with Gasteiger partial charge < -0.3 is 19.7 Å². The van der Waals surface area contributed by atoms with Gasteiger partial charge in [-0.1, -0.05) is 6.07 Å². The topological polar surface area (TPSA) is 50.8 Å². The van der Waals surface area contributed by atoms with Crippen LogP contribution < -0.4 is 14.8 Å². The Morgan fingerprint density at radius 3 is 2.54 bits per heavy atom. The molecule has 1 aromatic heterocycles. The highest BCUT2D eigenvalue weighted by molar-refractivity contribution is 7.10. The van der Waals surface area contributed by atoms with Crippen molar-refractivity contribution in [3.05, 3.63) is 45.6 Å². The molecule has 1 aromatic carbocycles. The molecule has 2 aromatic rings. The van der Waals surface area contributed by atoms with Gasteiger partial charge in [0.25, 0.3) is 0 Å². The van der Waals surface area contributed by atoms with Crippen molar-refractivity contribution < 1.29 is 14.3 Å². The Kier molecular flexibility index (Phi) is 6.86. The molecule has 1 amide bonds. The first kappa shape index (κ1) is 21.0. The maximum absolute atomic E-state index is 13.4. The van der Waals surface area contributed by atoms with Crippen molar-refractivity contribution >= 4 is 29.7 Å². The lowest BCUT2D eigenvalue weighted by Crippen LogP contribution is -2.45. The molecule has 0 radical (unpaired) electrons. The molecule has 7 heteroatoms. The van der Waals surface area contributed by atoms with E-state index in [1.807, 2.05) is 0 Å². The van der Waals surface area contributed by atoms with Gasteiger partial charge in [-0.15, -0.1) is 23.7 Å². The van der Waals surface area contributed by atoms with E-state index in [9.17, 15) is 4.79 Å². The Morgan fingerprint density at radius 1 is 1.18 bits per heavy atom. The first-order valence-corrected chi connectivity index (χ1v) is 10.4. The Bertz CT molecular complexity index is 806. The average Bonchev–Trinajstić information content (AvgIpc) is 3.26. The third-order valence-corrected chi connectivity index (χ3v) is 6.58. The first-order chi connectivity index (χ1) is 13.2. The zero-order valence-electron chi connectivity index (χ0n) is 16.3. The van der Waals surface area contributed by atoms with Crippen molar-refractivity contribution in [3.63, 3.8) is 0 Å². The molecule has 152 valence electrons. The molecule has 0 saturated carbocycles. The molecule has 0 bridgehead atoms. The summed E-state index contributed by atoms with van der Waals surface area (Å²) in [6.45, 7) is 2.60. The number of nitrogens with zero attached hydrogens (tertiary/aromatic N) is 1. The number of rotatable bonds is 4. The largest absolute Gasteiger partial charge is 0.493 e. The highest BCUT2D eigenvalue weighted by atomic mass is 35.5. The van der Waals surface area contributed by atoms with Crippen molar-refractivity contribution in [1.82, 2.24) is 10.2 Å². The minimum atomic E-state index is -0.0454. The number of methoxy groups -OCH3 is 2. The molecule has 2 aliphatic rings. The van der Waals surface area contributed by atoms with Gasteiger partial charge >= 0.3 is 0 Å². The van der Waals surface area contributed by atoms with Crippen LogP contribution in [-0.4, -0.2) is 44.7 Å². The number of hydrogen-bond donors (Lipinski definition) is 1. The smallest absolute Gasteiger partial charge is 0.226 e. The number of benzene rings is 1. The fourth-order valence-corrected chi connectivity index (χ4v) is 5.09. The zero-order valence-corrected chi connectivity index (χ0v) is 17.9. The molecule has 2 aliphatic heterocycles. The van der Waals surface area contributed by atoms with Gasteiger partial charge in [0, 0.05) is 17.3 Å². The van der Waals surface area contributed by atoms with Crippen LogP contribution in [0.3, 0.4) is 0 Å². The Morgan fingerprint density at radius 2 is 1.89 bits per heavy atom. The van der Waals surface area contributed by atoms with Crippen molar-refractivity contribution in [2.24, 2.45) is 5.92 Å². The summed E-state index contributed by atoms with van der Waals surface area (Å²) in [4.78, 5) is 16.7. The van der Waals surface area contributed by atoms with E-state index >= 15 is 0 Å². The van der Waals surface area contributed by atoms with Crippen molar-refractivity contribution in [3.8, 4) is 11.5 Å². The second-order valence-electron chi connectivity index (χ2n) is 7.13. The molecule has 1 unspecified atom stereocenters. The van der Waals surface area contributed by atoms with Crippen LogP contribution in [0, 0.1) is 5.92 Å². The van der Waals surface area contributed by atoms with E-state index in [0.717, 1.165) is 50.2 Å². The van der Waals surface area contributed by atoms with Crippen LogP contribution >= 0.6 is 23.7 Å². The lowest BCUT2D eigenvalue weighted by molar-refractivity contribution is -0.138. The molecule has 0 spiro atoms. The lowest BCUT2D eigenvalue weighted by atomic mass is 9.88. The van der Waals surface area contributed by atoms with Gasteiger partial charge in [-0.2, -0.15) is 0 Å². The van der Waals surface area contributed by atoms with E-state index in [1.165, 1.54) is 10.4 Å². The molecule has 1 fully saturated rings. The fraction of sp³-hybridized carbons (Fsp3) is 0.476. The van der Waals surface area contributed by atoms with Crippen molar-refractivity contribution in [2.75, 3.05) is 33.9 Å². The third kappa shape index (κ3) is 3.86. The van der Waals surface area contributed by atoms with Crippen LogP contribution in [0.2, 0.25) is 0 Å². The number of carbonyl (C=O) groups excluding carboxylic acids is 1. The molecule has 28 heavy (non-hydrogen) atoms. The predicted octanol–water partition coefficient (Wildman–Crippen LogP) is 3.66. The number of amides is 1. The van der Waals surface area contributed by atoms with Crippen LogP contribution in [0.25, 0.3) is 0 Å². The molecule has 0 aliphatic carbocycles. The standard InChI is InChI=1S/C21H26N2O3S.ClH/c1-25-17-12-15-7-10-23(21(24)14-5-8-22-9-6-14)20(19-4-3-11-27-19)16(15)13-18(17)26-2;/h3-4,11-14,20,22H,5-10H2,1-2H3;1H. The maximum atomic E-state index is 13.4. The van der Waals surface area contributed by atoms with E-state index in [1.54, 1.807) is 25.6 Å². The SMILES string of the molecule is COc1cc2c(cc1OC)C(c1cccs1)N(C(=O)C1CCNCC1)CC2.Cl. The van der Waals surface area contributed by atoms with E-state index in [2.05, 4.69) is 39.9 Å². The monoisotopic (exact) mass is 422 g/mol. The first-order valence-electron chi connectivity index (χ1n) is 9.52. The lowest BCUT2D eigenvalue weighted by Gasteiger charge is -2.40. The molecule has 1 N–H and O–H groups in total. The van der Waals surface area contributed by atoms with Crippen LogP contribution in [0.1, 0.15) is 34.9 Å². The summed E-state index contributed by atoms with van der Waals surface area (Å²) in [5.41, 5.74) is 2.39. The van der Waals surface area contributed by atoms with Crippen LogP contribution in [0.4, 0.5) is 0 Å². The Hall–Kier alpha value is -1.76. The van der Waals surface area contributed by atoms with Crippen LogP contribution in [-0.2, 0) is 11.2 Å². The van der Waals surface area contributed by atoms with Gasteiger partial charge in [0.05, 0.1) is 20.3 Å². The quantitative estimate of drug-likeness (QED) is 0.816. The van der Waals surface area contributed by atoms with Gasteiger partial charge in [-0.25, -0.2) is 0 Å². The fourth-order valence-electron chi connectivity index (χ4n) is 4.24. The van der Waals surface area contributed by atoms with E-state index < -0.39 is 0 Å². The second kappa shape index (κ2) is 9.16. The van der Waals surface area contributed by atoms with Crippen LogP contribution in [0.5, 0.6) is 11.5 Å². The molecular weight excluding hydrogens is 396 g/mol. The number of halogens is 1. The molecule has 1 saturated heterocycles. The normalized spacial score (nSPS) is 19.5. The summed E-state index contributed by atoms with van der Waals surface area (Å²) in [6.07, 6.45) is 2.69. The number of ether oxygens (including phenoxy) is 2. The molecule has 4 rings (SSSR count). The van der Waals surface area contributed by atoms with E-state index in [0.29, 0.717) is 5.75 Å².